The molecular weight excluding hydrogens is 262 g/mol. The average Bonchev–Trinajstić information content (AvgIpc) is 2.48. The van der Waals surface area contributed by atoms with Crippen molar-refractivity contribution in [3.63, 3.8) is 0 Å². The molecular formula is C17H29N3O. The van der Waals surface area contributed by atoms with Crippen LogP contribution in [0.4, 0.5) is 0 Å². The minimum absolute atomic E-state index is 0.120. The first-order valence-corrected chi connectivity index (χ1v) is 7.83. The molecule has 4 heteroatoms. The van der Waals surface area contributed by atoms with Gasteiger partial charge in [-0.1, -0.05) is 12.1 Å². The highest BCUT2D eigenvalue weighted by Gasteiger charge is 2.29. The molecule has 1 fully saturated rings. The second-order valence-electron chi connectivity index (χ2n) is 6.31. The van der Waals surface area contributed by atoms with Gasteiger partial charge in [-0.15, -0.1) is 0 Å². The van der Waals surface area contributed by atoms with E-state index in [-0.39, 0.29) is 6.04 Å². The van der Waals surface area contributed by atoms with Crippen molar-refractivity contribution in [2.45, 2.75) is 37.9 Å². The summed E-state index contributed by atoms with van der Waals surface area (Å²) in [5.41, 5.74) is 7.57. The molecule has 4 nitrogen and oxygen atoms in total. The van der Waals surface area contributed by atoms with Crippen LogP contribution in [0.1, 0.15) is 31.4 Å². The van der Waals surface area contributed by atoms with E-state index in [0.29, 0.717) is 12.1 Å². The first kappa shape index (κ1) is 16.3. The normalized spacial score (nSPS) is 20.5. The van der Waals surface area contributed by atoms with Crippen LogP contribution >= 0.6 is 0 Å². The number of piperidine rings is 1. The average molecular weight is 291 g/mol. The highest BCUT2D eigenvalue weighted by molar-refractivity contribution is 5.30. The van der Waals surface area contributed by atoms with Gasteiger partial charge in [0, 0.05) is 31.2 Å². The van der Waals surface area contributed by atoms with E-state index in [1.807, 2.05) is 12.1 Å². The van der Waals surface area contributed by atoms with Crippen molar-refractivity contribution in [3.8, 4) is 5.75 Å². The Hall–Kier alpha value is -1.10. The van der Waals surface area contributed by atoms with Gasteiger partial charge in [-0.05, 0) is 51.6 Å². The minimum Gasteiger partial charge on any atom is -0.497 e. The van der Waals surface area contributed by atoms with Crippen LogP contribution in [0.3, 0.4) is 0 Å². The molecule has 1 saturated heterocycles. The van der Waals surface area contributed by atoms with Crippen LogP contribution in [-0.2, 0) is 0 Å². The Morgan fingerprint density at radius 2 is 1.76 bits per heavy atom. The first-order valence-electron chi connectivity index (χ1n) is 7.83. The number of nitrogens with two attached hydrogens (primary N) is 1. The number of benzene rings is 1. The minimum atomic E-state index is 0.120. The molecule has 21 heavy (non-hydrogen) atoms. The summed E-state index contributed by atoms with van der Waals surface area (Å²) in [6.45, 7) is 4.33. The SMILES string of the molecule is COc1ccc(C(C(C)N)N2CCC(N(C)C)CC2)cc1. The van der Waals surface area contributed by atoms with Gasteiger partial charge in [-0.2, -0.15) is 0 Å². The van der Waals surface area contributed by atoms with Gasteiger partial charge in [0.05, 0.1) is 7.11 Å². The second-order valence-corrected chi connectivity index (χ2v) is 6.31. The zero-order chi connectivity index (χ0) is 15.4. The van der Waals surface area contributed by atoms with Gasteiger partial charge in [-0.3, -0.25) is 4.90 Å². The number of rotatable bonds is 5. The molecule has 0 aromatic heterocycles. The molecule has 2 N–H and O–H groups in total. The summed E-state index contributed by atoms with van der Waals surface area (Å²) in [6, 6.07) is 9.45. The predicted molar refractivity (Wildman–Crippen MR) is 87.7 cm³/mol. The van der Waals surface area contributed by atoms with Crippen LogP contribution < -0.4 is 10.5 Å². The number of likely N-dealkylation sites (tertiary alicyclic amines) is 1. The lowest BCUT2D eigenvalue weighted by atomic mass is 9.95. The fourth-order valence-corrected chi connectivity index (χ4v) is 3.33. The third-order valence-electron chi connectivity index (χ3n) is 4.58. The van der Waals surface area contributed by atoms with Crippen LogP contribution in [0, 0.1) is 0 Å². The summed E-state index contributed by atoms with van der Waals surface area (Å²) in [6.07, 6.45) is 2.43. The Kier molecular flexibility index (Phi) is 5.62. The molecule has 1 aromatic carbocycles. The standard InChI is InChI=1S/C17H29N3O/c1-13(18)17(14-5-7-16(21-4)8-6-14)20-11-9-15(10-12-20)19(2)3/h5-8,13,15,17H,9-12,18H2,1-4H3. The van der Waals surface area contributed by atoms with E-state index in [9.17, 15) is 0 Å². The number of methoxy groups -OCH3 is 1. The Labute approximate surface area is 128 Å². The molecule has 1 aliphatic heterocycles. The van der Waals surface area contributed by atoms with Crippen LogP contribution in [-0.4, -0.2) is 56.2 Å². The lowest BCUT2D eigenvalue weighted by molar-refractivity contribution is 0.0982. The molecule has 1 heterocycles. The summed E-state index contributed by atoms with van der Waals surface area (Å²) >= 11 is 0. The molecule has 1 aromatic rings. The number of ether oxygens (including phenoxy) is 1. The number of nitrogens with zero attached hydrogens (tertiary/aromatic N) is 2. The number of hydrogen-bond donors (Lipinski definition) is 1. The Morgan fingerprint density at radius 1 is 1.19 bits per heavy atom. The van der Waals surface area contributed by atoms with Gasteiger partial charge in [0.15, 0.2) is 0 Å². The van der Waals surface area contributed by atoms with Crippen molar-refractivity contribution < 1.29 is 4.74 Å². The van der Waals surface area contributed by atoms with E-state index in [1.54, 1.807) is 7.11 Å². The predicted octanol–water partition coefficient (Wildman–Crippen LogP) is 2.11. The lowest BCUT2D eigenvalue weighted by Gasteiger charge is -2.41. The molecule has 118 valence electrons. The molecule has 0 amide bonds. The smallest absolute Gasteiger partial charge is 0.118 e. The summed E-state index contributed by atoms with van der Waals surface area (Å²) < 4.78 is 5.24. The van der Waals surface area contributed by atoms with Gasteiger partial charge in [0.1, 0.15) is 5.75 Å². The monoisotopic (exact) mass is 291 g/mol. The van der Waals surface area contributed by atoms with Crippen LogP contribution in [0.15, 0.2) is 24.3 Å². The largest absolute Gasteiger partial charge is 0.497 e. The molecule has 0 aliphatic carbocycles. The third kappa shape index (κ3) is 3.96. The van der Waals surface area contributed by atoms with Crippen molar-refractivity contribution in [2.75, 3.05) is 34.3 Å². The van der Waals surface area contributed by atoms with Crippen molar-refractivity contribution in [1.29, 1.82) is 0 Å². The van der Waals surface area contributed by atoms with Gasteiger partial charge in [0.2, 0.25) is 0 Å². The molecule has 0 saturated carbocycles. The maximum absolute atomic E-state index is 6.28. The summed E-state index contributed by atoms with van der Waals surface area (Å²) in [5, 5.41) is 0. The highest BCUT2D eigenvalue weighted by Crippen LogP contribution is 2.29. The van der Waals surface area contributed by atoms with Crippen molar-refractivity contribution >= 4 is 0 Å². The van der Waals surface area contributed by atoms with Crippen LogP contribution in [0.25, 0.3) is 0 Å². The molecule has 0 radical (unpaired) electrons. The summed E-state index contributed by atoms with van der Waals surface area (Å²) in [4.78, 5) is 4.87. The molecule has 2 unspecified atom stereocenters. The van der Waals surface area contributed by atoms with Crippen LogP contribution in [0.5, 0.6) is 5.75 Å². The van der Waals surface area contributed by atoms with E-state index in [1.165, 1.54) is 18.4 Å². The third-order valence-corrected chi connectivity index (χ3v) is 4.58. The zero-order valence-corrected chi connectivity index (χ0v) is 13.7. The lowest BCUT2D eigenvalue weighted by Crippen LogP contribution is -2.47. The van der Waals surface area contributed by atoms with Crippen molar-refractivity contribution in [1.82, 2.24) is 9.80 Å². The van der Waals surface area contributed by atoms with E-state index >= 15 is 0 Å². The van der Waals surface area contributed by atoms with E-state index in [4.69, 9.17) is 10.5 Å². The maximum atomic E-state index is 6.28. The van der Waals surface area contributed by atoms with E-state index in [2.05, 4.69) is 43.0 Å². The van der Waals surface area contributed by atoms with Crippen molar-refractivity contribution in [3.05, 3.63) is 29.8 Å². The van der Waals surface area contributed by atoms with Gasteiger partial charge >= 0.3 is 0 Å². The Morgan fingerprint density at radius 3 is 2.19 bits per heavy atom. The summed E-state index contributed by atoms with van der Waals surface area (Å²) in [7, 11) is 6.05. The molecule has 2 atom stereocenters. The fourth-order valence-electron chi connectivity index (χ4n) is 3.33. The highest BCUT2D eigenvalue weighted by atomic mass is 16.5. The fraction of sp³-hybridized carbons (Fsp3) is 0.647. The van der Waals surface area contributed by atoms with E-state index in [0.717, 1.165) is 18.8 Å². The second kappa shape index (κ2) is 7.25. The van der Waals surface area contributed by atoms with Gasteiger partial charge < -0.3 is 15.4 Å². The zero-order valence-electron chi connectivity index (χ0n) is 13.7. The van der Waals surface area contributed by atoms with Crippen molar-refractivity contribution in [2.24, 2.45) is 5.73 Å². The Bertz CT molecular complexity index is 422. The molecule has 0 spiro atoms. The molecule has 0 bridgehead atoms. The van der Waals surface area contributed by atoms with E-state index < -0.39 is 0 Å². The molecule has 1 aliphatic rings. The van der Waals surface area contributed by atoms with Gasteiger partial charge in [-0.25, -0.2) is 0 Å². The van der Waals surface area contributed by atoms with Gasteiger partial charge in [0.25, 0.3) is 0 Å². The topological polar surface area (TPSA) is 41.7 Å². The first-order chi connectivity index (χ1) is 10.0. The maximum Gasteiger partial charge on any atom is 0.118 e. The molecule has 2 rings (SSSR count). The quantitative estimate of drug-likeness (QED) is 0.902. The summed E-state index contributed by atoms with van der Waals surface area (Å²) in [5.74, 6) is 0.897. The van der Waals surface area contributed by atoms with Crippen LogP contribution in [0.2, 0.25) is 0 Å². The number of hydrogen-bond acceptors (Lipinski definition) is 4. The Balaban J connectivity index is 2.09.